The van der Waals surface area contributed by atoms with E-state index < -0.39 is 112 Å². The lowest BCUT2D eigenvalue weighted by molar-refractivity contribution is -0.373. The van der Waals surface area contributed by atoms with E-state index in [2.05, 4.69) is 27.7 Å². The Labute approximate surface area is 369 Å². The maximum absolute atomic E-state index is 11.2. The first-order chi connectivity index (χ1) is 29.9. The van der Waals surface area contributed by atoms with E-state index in [-0.39, 0.29) is 35.6 Å². The van der Waals surface area contributed by atoms with E-state index in [1.54, 1.807) is 0 Å². The molecule has 4 saturated carbocycles. The first-order valence-electron chi connectivity index (χ1n) is 23.5. The summed E-state index contributed by atoms with van der Waals surface area (Å²) in [5.74, 6) is 3.56. The molecule has 11 N–H and O–H groups in total. The molecule has 4 heterocycles. The summed E-state index contributed by atoms with van der Waals surface area (Å²) >= 11 is 0. The fourth-order valence-corrected chi connectivity index (χ4v) is 13.7. The van der Waals surface area contributed by atoms with E-state index in [0.717, 1.165) is 70.0 Å². The Morgan fingerprint density at radius 1 is 0.635 bits per heavy atom. The van der Waals surface area contributed by atoms with Crippen LogP contribution in [0.3, 0.4) is 0 Å². The fraction of sp³-hybridized carbons (Fsp3) is 0.956. The van der Waals surface area contributed by atoms with Crippen molar-refractivity contribution in [2.75, 3.05) is 26.4 Å². The predicted octanol–water partition coefficient (Wildman–Crippen LogP) is -0.830. The van der Waals surface area contributed by atoms with Crippen molar-refractivity contribution in [1.29, 1.82) is 0 Å². The highest BCUT2D eigenvalue weighted by Gasteiger charge is 2.65. The van der Waals surface area contributed by atoms with Crippen LogP contribution in [-0.2, 0) is 33.2 Å². The summed E-state index contributed by atoms with van der Waals surface area (Å²) in [6.07, 6.45) is -12.1. The van der Waals surface area contributed by atoms with Crippen molar-refractivity contribution in [2.45, 2.75) is 196 Å². The van der Waals surface area contributed by atoms with Crippen LogP contribution in [0.25, 0.3) is 0 Å². The largest absolute Gasteiger partial charge is 0.494 e. The van der Waals surface area contributed by atoms with Crippen LogP contribution in [0.15, 0.2) is 11.3 Å². The van der Waals surface area contributed by atoms with Gasteiger partial charge in [0.1, 0.15) is 79.4 Å². The Morgan fingerprint density at radius 2 is 1.22 bits per heavy atom. The normalized spacial score (nSPS) is 52.7. The van der Waals surface area contributed by atoms with Crippen LogP contribution in [0, 0.1) is 46.3 Å². The van der Waals surface area contributed by atoms with Crippen LogP contribution in [0.1, 0.15) is 91.9 Å². The Balaban J connectivity index is 0.872. The molecule has 0 radical (unpaired) electrons. The first kappa shape index (κ1) is 48.3. The average molecular weight is 903 g/mol. The lowest BCUT2D eigenvalue weighted by Gasteiger charge is -2.61. The molecule has 63 heavy (non-hydrogen) atoms. The van der Waals surface area contributed by atoms with Crippen molar-refractivity contribution >= 4 is 0 Å². The van der Waals surface area contributed by atoms with Crippen molar-refractivity contribution in [1.82, 2.24) is 0 Å². The van der Waals surface area contributed by atoms with E-state index in [4.69, 9.17) is 33.2 Å². The number of aliphatic hydroxyl groups is 11. The van der Waals surface area contributed by atoms with Gasteiger partial charge in [0, 0.05) is 12.3 Å². The van der Waals surface area contributed by atoms with Gasteiger partial charge < -0.3 is 89.3 Å². The number of hydrogen-bond acceptors (Lipinski definition) is 18. The maximum atomic E-state index is 11.2. The van der Waals surface area contributed by atoms with E-state index in [9.17, 15) is 56.2 Å². The smallest absolute Gasteiger partial charge is 0.187 e. The molecule has 18 heteroatoms. The summed E-state index contributed by atoms with van der Waals surface area (Å²) in [6, 6.07) is 0. The van der Waals surface area contributed by atoms with E-state index in [1.165, 1.54) is 5.57 Å². The number of ether oxygens (including phenoxy) is 7. The molecule has 4 aliphatic carbocycles. The zero-order valence-corrected chi connectivity index (χ0v) is 37.0. The second kappa shape index (κ2) is 19.1. The molecule has 4 aliphatic heterocycles. The molecule has 0 aromatic rings. The molecule has 0 spiro atoms. The van der Waals surface area contributed by atoms with Crippen LogP contribution < -0.4 is 0 Å². The van der Waals surface area contributed by atoms with Crippen LogP contribution in [0.5, 0.6) is 0 Å². The third-order valence-electron chi connectivity index (χ3n) is 17.4. The van der Waals surface area contributed by atoms with Gasteiger partial charge in [0.15, 0.2) is 18.9 Å². The van der Waals surface area contributed by atoms with Gasteiger partial charge >= 0.3 is 0 Å². The standard InChI is InChI=1S/C45H74O18/c1-19(18-57-41-38(55)35(52)32(49)28(15-46)60-41)5-8-26-20(2)31-27(59-26)14-25-23-7-6-21-13-22(9-11-44(21,3)24(23)10-12-45(25,31)4)58-43-40(37(54)34(51)30(17-48)62-43)63-42-39(56)36(53)33(50)29(16-47)61-42/h19,21-25,27-43,46-56H,5-18H2,1-4H3/t19-,21-,22+,23-,24+,25+,27+,28-,29-,30-,31+,32-,33-,34+,35+,36+,37+,38-,39-,40-,41-,42+,43-,44+,45+/m1/s1. The highest BCUT2D eigenvalue weighted by Crippen LogP contribution is 2.70. The summed E-state index contributed by atoms with van der Waals surface area (Å²) in [5, 5.41) is 113. The number of aliphatic hydroxyl groups excluding tert-OH is 11. The van der Waals surface area contributed by atoms with Crippen molar-refractivity contribution in [2.24, 2.45) is 46.3 Å². The van der Waals surface area contributed by atoms with E-state index in [1.807, 2.05) is 0 Å². The van der Waals surface area contributed by atoms with Gasteiger partial charge in [-0.05, 0) is 111 Å². The molecule has 362 valence electrons. The minimum Gasteiger partial charge on any atom is -0.494 e. The van der Waals surface area contributed by atoms with Crippen LogP contribution in [-0.4, -0.2) is 187 Å². The van der Waals surface area contributed by atoms with Gasteiger partial charge in [-0.25, -0.2) is 0 Å². The highest BCUT2D eigenvalue weighted by atomic mass is 16.8. The Bertz CT molecular complexity index is 1580. The molecule has 0 unspecified atom stereocenters. The van der Waals surface area contributed by atoms with Crippen LogP contribution in [0.2, 0.25) is 0 Å². The topological polar surface area (TPSA) is 287 Å². The third kappa shape index (κ3) is 8.68. The zero-order valence-electron chi connectivity index (χ0n) is 37.0. The number of allylic oxidation sites excluding steroid dienone is 1. The zero-order chi connectivity index (χ0) is 45.3. The second-order valence-electron chi connectivity index (χ2n) is 20.9. The van der Waals surface area contributed by atoms with Gasteiger partial charge in [-0.1, -0.05) is 20.8 Å². The lowest BCUT2D eigenvalue weighted by atomic mass is 9.44. The van der Waals surface area contributed by atoms with Crippen LogP contribution in [0.4, 0.5) is 0 Å². The molecular formula is C45H74O18. The summed E-state index contributed by atoms with van der Waals surface area (Å²) in [5.41, 5.74) is 1.57. The Kier molecular flexibility index (Phi) is 14.6. The van der Waals surface area contributed by atoms with Crippen molar-refractivity contribution < 1.29 is 89.3 Å². The summed E-state index contributed by atoms with van der Waals surface area (Å²) in [7, 11) is 0. The molecular weight excluding hydrogens is 828 g/mol. The highest BCUT2D eigenvalue weighted by molar-refractivity contribution is 5.26. The molecule has 0 amide bonds. The first-order valence-corrected chi connectivity index (χ1v) is 23.5. The lowest BCUT2D eigenvalue weighted by Crippen LogP contribution is -2.65. The predicted molar refractivity (Wildman–Crippen MR) is 218 cm³/mol. The van der Waals surface area contributed by atoms with E-state index >= 15 is 0 Å². The minimum absolute atomic E-state index is 0.0928. The second-order valence-corrected chi connectivity index (χ2v) is 20.9. The fourth-order valence-electron chi connectivity index (χ4n) is 13.7. The molecule has 3 saturated heterocycles. The molecule has 8 aliphatic rings. The Morgan fingerprint density at radius 3 is 1.87 bits per heavy atom. The molecule has 0 bridgehead atoms. The molecule has 0 aromatic heterocycles. The van der Waals surface area contributed by atoms with Crippen molar-refractivity contribution in [3.8, 4) is 0 Å². The molecule has 0 aromatic carbocycles. The molecule has 8 rings (SSSR count). The summed E-state index contributed by atoms with van der Waals surface area (Å²) < 4.78 is 42.2. The molecule has 7 fully saturated rings. The number of hydrogen-bond donors (Lipinski definition) is 11. The molecule has 25 atom stereocenters. The SMILES string of the molecule is CC1=C(CC[C@@H](C)CO[C@@H]2O[C@H](CO)[C@@H](O)[C@H](O)[C@H]2O)O[C@H]2C[C@H]3[C@@H]4CC[C@@H]5C[C@@H](O[C@@H]6O[C@H](CO)[C@H](O)[C@H](O)[C@H]6O[C@@H]6O[C@H](CO)[C@@H](O)[C@H](O)[C@H]6O)CC[C@]5(C)[C@H]4CC[C@]3(C)[C@@H]12. The van der Waals surface area contributed by atoms with Gasteiger partial charge in [0.05, 0.1) is 38.3 Å². The van der Waals surface area contributed by atoms with Gasteiger partial charge in [-0.2, -0.15) is 0 Å². The van der Waals surface area contributed by atoms with Gasteiger partial charge in [0.2, 0.25) is 0 Å². The quantitative estimate of drug-likeness (QED) is 0.101. The van der Waals surface area contributed by atoms with E-state index in [0.29, 0.717) is 29.6 Å². The minimum atomic E-state index is -1.74. The summed E-state index contributed by atoms with van der Waals surface area (Å²) in [6.45, 7) is 7.74. The average Bonchev–Trinajstić information content (AvgIpc) is 3.76. The number of fused-ring (bicyclic) bond motifs is 7. The van der Waals surface area contributed by atoms with Crippen molar-refractivity contribution in [3.05, 3.63) is 11.3 Å². The molecule has 18 nitrogen and oxygen atoms in total. The maximum Gasteiger partial charge on any atom is 0.187 e. The van der Waals surface area contributed by atoms with Gasteiger partial charge in [-0.3, -0.25) is 0 Å². The number of rotatable bonds is 13. The van der Waals surface area contributed by atoms with Crippen molar-refractivity contribution in [3.63, 3.8) is 0 Å². The third-order valence-corrected chi connectivity index (χ3v) is 17.4. The Hall–Kier alpha value is -1.14. The van der Waals surface area contributed by atoms with Gasteiger partial charge in [0.25, 0.3) is 0 Å². The summed E-state index contributed by atoms with van der Waals surface area (Å²) in [4.78, 5) is 0. The monoisotopic (exact) mass is 902 g/mol. The van der Waals surface area contributed by atoms with Gasteiger partial charge in [-0.15, -0.1) is 0 Å². The van der Waals surface area contributed by atoms with Crippen LogP contribution >= 0.6 is 0 Å².